The highest BCUT2D eigenvalue weighted by Crippen LogP contribution is 2.08. The Hall–Kier alpha value is -0.940. The molecular formula is C11H22N4O. The van der Waals surface area contributed by atoms with E-state index in [2.05, 4.69) is 22.3 Å². The lowest BCUT2D eigenvalue weighted by Crippen LogP contribution is -2.27. The molecule has 0 fully saturated rings. The quantitative estimate of drug-likeness (QED) is 0.660. The van der Waals surface area contributed by atoms with Gasteiger partial charge in [-0.3, -0.25) is 4.68 Å². The van der Waals surface area contributed by atoms with Crippen LogP contribution in [0.4, 0.5) is 0 Å². The molecule has 1 rings (SSSR count). The largest absolute Gasteiger partial charge is 0.383 e. The topological polar surface area (TPSA) is 52.0 Å². The number of nitrogens with zero attached hydrogens (tertiary/aromatic N) is 3. The van der Waals surface area contributed by atoms with Gasteiger partial charge in [0.25, 0.3) is 0 Å². The summed E-state index contributed by atoms with van der Waals surface area (Å²) in [5, 5.41) is 7.47. The second-order valence-electron chi connectivity index (χ2n) is 3.98. The van der Waals surface area contributed by atoms with Crippen LogP contribution in [0.2, 0.25) is 0 Å². The van der Waals surface area contributed by atoms with Crippen molar-refractivity contribution in [3.63, 3.8) is 0 Å². The third-order valence-electron chi connectivity index (χ3n) is 2.77. The summed E-state index contributed by atoms with van der Waals surface area (Å²) in [6.07, 6.45) is 3.74. The number of aromatic nitrogens is 3. The fraction of sp³-hybridized carbons (Fsp3) is 0.818. The molecule has 0 aromatic carbocycles. The van der Waals surface area contributed by atoms with Gasteiger partial charge in [0.2, 0.25) is 0 Å². The van der Waals surface area contributed by atoms with Crippen molar-refractivity contribution in [2.24, 2.45) is 13.0 Å². The zero-order valence-corrected chi connectivity index (χ0v) is 10.4. The van der Waals surface area contributed by atoms with Crippen LogP contribution in [0.15, 0.2) is 6.33 Å². The van der Waals surface area contributed by atoms with E-state index in [-0.39, 0.29) is 0 Å². The number of hydrogen-bond donors (Lipinski definition) is 1. The molecule has 0 bridgehead atoms. The third-order valence-corrected chi connectivity index (χ3v) is 2.77. The monoisotopic (exact) mass is 226 g/mol. The van der Waals surface area contributed by atoms with Crippen molar-refractivity contribution in [2.75, 3.05) is 26.8 Å². The molecule has 0 aliphatic carbocycles. The number of nitrogens with one attached hydrogen (secondary N) is 1. The zero-order chi connectivity index (χ0) is 11.8. The van der Waals surface area contributed by atoms with Gasteiger partial charge >= 0.3 is 0 Å². The highest BCUT2D eigenvalue weighted by Gasteiger charge is 2.10. The highest BCUT2D eigenvalue weighted by molar-refractivity contribution is 4.86. The van der Waals surface area contributed by atoms with Crippen molar-refractivity contribution in [2.45, 2.75) is 19.8 Å². The van der Waals surface area contributed by atoms with E-state index in [0.29, 0.717) is 5.92 Å². The van der Waals surface area contributed by atoms with Crippen LogP contribution in [0.1, 0.15) is 19.2 Å². The predicted molar refractivity (Wildman–Crippen MR) is 63.2 cm³/mol. The van der Waals surface area contributed by atoms with Gasteiger partial charge in [0.15, 0.2) is 0 Å². The Labute approximate surface area is 97.2 Å². The minimum atomic E-state index is 0.611. The van der Waals surface area contributed by atoms with Gasteiger partial charge in [-0.2, -0.15) is 5.10 Å². The Morgan fingerprint density at radius 1 is 1.56 bits per heavy atom. The van der Waals surface area contributed by atoms with Gasteiger partial charge < -0.3 is 10.1 Å². The molecule has 1 unspecified atom stereocenters. The van der Waals surface area contributed by atoms with Gasteiger partial charge in [-0.1, -0.05) is 13.3 Å². The van der Waals surface area contributed by atoms with E-state index in [1.165, 1.54) is 0 Å². The molecule has 1 aromatic rings. The molecule has 92 valence electrons. The molecule has 5 heteroatoms. The molecule has 16 heavy (non-hydrogen) atoms. The summed E-state index contributed by atoms with van der Waals surface area (Å²) >= 11 is 0. The highest BCUT2D eigenvalue weighted by atomic mass is 16.5. The Morgan fingerprint density at radius 2 is 2.38 bits per heavy atom. The lowest BCUT2D eigenvalue weighted by Gasteiger charge is -2.14. The van der Waals surface area contributed by atoms with E-state index in [9.17, 15) is 0 Å². The Bertz CT molecular complexity index is 287. The maximum Gasteiger partial charge on any atom is 0.138 e. The van der Waals surface area contributed by atoms with Crippen LogP contribution in [-0.2, 0) is 18.2 Å². The Morgan fingerprint density at radius 3 is 2.94 bits per heavy atom. The molecule has 0 saturated carbocycles. The van der Waals surface area contributed by atoms with Gasteiger partial charge in [0.05, 0.1) is 6.61 Å². The third kappa shape index (κ3) is 4.28. The molecule has 1 heterocycles. The smallest absolute Gasteiger partial charge is 0.138 e. The maximum atomic E-state index is 4.99. The molecule has 0 saturated heterocycles. The van der Waals surface area contributed by atoms with Crippen molar-refractivity contribution in [1.82, 2.24) is 20.1 Å². The second kappa shape index (κ2) is 7.35. The SMILES string of the molecule is CCC(CNCCOC)Cc1ncnn1C. The molecule has 1 aromatic heterocycles. The first-order valence-electron chi connectivity index (χ1n) is 5.80. The summed E-state index contributed by atoms with van der Waals surface area (Å²) in [6, 6.07) is 0. The Balaban J connectivity index is 2.29. The van der Waals surface area contributed by atoms with Crippen LogP contribution in [-0.4, -0.2) is 41.6 Å². The van der Waals surface area contributed by atoms with E-state index in [4.69, 9.17) is 4.74 Å². The lowest BCUT2D eigenvalue weighted by molar-refractivity contribution is 0.197. The predicted octanol–water partition coefficient (Wildman–Crippen LogP) is 0.620. The van der Waals surface area contributed by atoms with Crippen LogP contribution in [0.5, 0.6) is 0 Å². The molecule has 0 aliphatic rings. The number of aryl methyl sites for hydroxylation is 1. The molecule has 0 spiro atoms. The first kappa shape index (κ1) is 13.1. The minimum Gasteiger partial charge on any atom is -0.383 e. The van der Waals surface area contributed by atoms with E-state index in [0.717, 1.165) is 38.4 Å². The van der Waals surface area contributed by atoms with E-state index >= 15 is 0 Å². The number of ether oxygens (including phenoxy) is 1. The van der Waals surface area contributed by atoms with Gasteiger partial charge in [-0.15, -0.1) is 0 Å². The summed E-state index contributed by atoms with van der Waals surface area (Å²) in [6.45, 7) is 4.89. The van der Waals surface area contributed by atoms with Crippen molar-refractivity contribution in [3.8, 4) is 0 Å². The zero-order valence-electron chi connectivity index (χ0n) is 10.4. The summed E-state index contributed by atoms with van der Waals surface area (Å²) in [5.41, 5.74) is 0. The van der Waals surface area contributed by atoms with E-state index in [1.54, 1.807) is 13.4 Å². The Kier molecular flexibility index (Phi) is 6.03. The summed E-state index contributed by atoms with van der Waals surface area (Å²) in [4.78, 5) is 4.25. The number of rotatable bonds is 8. The second-order valence-corrected chi connectivity index (χ2v) is 3.98. The number of methoxy groups -OCH3 is 1. The van der Waals surface area contributed by atoms with Crippen LogP contribution in [0, 0.1) is 5.92 Å². The first-order chi connectivity index (χ1) is 7.77. The normalized spacial score (nSPS) is 12.9. The van der Waals surface area contributed by atoms with Crippen molar-refractivity contribution in [1.29, 1.82) is 0 Å². The van der Waals surface area contributed by atoms with Crippen LogP contribution >= 0.6 is 0 Å². The lowest BCUT2D eigenvalue weighted by atomic mass is 10.0. The molecule has 1 N–H and O–H groups in total. The average Bonchev–Trinajstić information content (AvgIpc) is 2.68. The van der Waals surface area contributed by atoms with Gasteiger partial charge in [-0.25, -0.2) is 4.98 Å². The fourth-order valence-corrected chi connectivity index (χ4v) is 1.60. The van der Waals surface area contributed by atoms with Gasteiger partial charge in [0, 0.05) is 27.1 Å². The maximum absolute atomic E-state index is 4.99. The van der Waals surface area contributed by atoms with Crippen LogP contribution < -0.4 is 5.32 Å². The standard InChI is InChI=1S/C11H22N4O/c1-4-10(8-12-5-6-16-3)7-11-13-9-14-15(11)2/h9-10,12H,4-8H2,1-3H3. The van der Waals surface area contributed by atoms with Crippen molar-refractivity contribution >= 4 is 0 Å². The van der Waals surface area contributed by atoms with Crippen LogP contribution in [0.3, 0.4) is 0 Å². The molecule has 0 aliphatic heterocycles. The van der Waals surface area contributed by atoms with E-state index in [1.807, 2.05) is 11.7 Å². The molecule has 1 atom stereocenters. The average molecular weight is 226 g/mol. The van der Waals surface area contributed by atoms with Gasteiger partial charge in [-0.05, 0) is 12.5 Å². The summed E-state index contributed by atoms with van der Waals surface area (Å²) < 4.78 is 6.84. The summed E-state index contributed by atoms with van der Waals surface area (Å²) in [5.74, 6) is 1.67. The minimum absolute atomic E-state index is 0.611. The van der Waals surface area contributed by atoms with E-state index < -0.39 is 0 Å². The van der Waals surface area contributed by atoms with Gasteiger partial charge in [0.1, 0.15) is 12.2 Å². The first-order valence-corrected chi connectivity index (χ1v) is 5.80. The summed E-state index contributed by atoms with van der Waals surface area (Å²) in [7, 11) is 3.66. The van der Waals surface area contributed by atoms with Crippen molar-refractivity contribution in [3.05, 3.63) is 12.2 Å². The number of hydrogen-bond acceptors (Lipinski definition) is 4. The van der Waals surface area contributed by atoms with Crippen LogP contribution in [0.25, 0.3) is 0 Å². The molecule has 5 nitrogen and oxygen atoms in total. The molecule has 0 amide bonds. The van der Waals surface area contributed by atoms with Crippen molar-refractivity contribution < 1.29 is 4.74 Å². The fourth-order valence-electron chi connectivity index (χ4n) is 1.60. The molecular weight excluding hydrogens is 204 g/mol. The molecule has 0 radical (unpaired) electrons.